The largest absolute Gasteiger partial charge is 0.309 e. The third-order valence-electron chi connectivity index (χ3n) is 2.02. The van der Waals surface area contributed by atoms with Crippen molar-refractivity contribution in [2.24, 2.45) is 10.7 Å². The van der Waals surface area contributed by atoms with Crippen molar-refractivity contribution >= 4 is 45.5 Å². The minimum Gasteiger partial charge on any atom is -0.309 e. The quantitative estimate of drug-likeness (QED) is 0.695. The summed E-state index contributed by atoms with van der Waals surface area (Å²) in [6.45, 7) is 0. The molecule has 4 nitrogen and oxygen atoms in total. The molecule has 1 aromatic rings. The summed E-state index contributed by atoms with van der Waals surface area (Å²) < 4.78 is 0.646. The number of halogens is 3. The topological polar surface area (TPSA) is 62.4 Å². The van der Waals surface area contributed by atoms with Gasteiger partial charge in [-0.25, -0.2) is 4.99 Å². The van der Waals surface area contributed by atoms with Crippen LogP contribution in [0.2, 0.25) is 10.0 Å². The van der Waals surface area contributed by atoms with Crippen molar-refractivity contribution in [3.8, 4) is 0 Å². The molecule has 0 aliphatic carbocycles. The molecule has 0 bridgehead atoms. The highest BCUT2D eigenvalue weighted by molar-refractivity contribution is 9.10. The second-order valence-electron chi connectivity index (χ2n) is 3.05. The summed E-state index contributed by atoms with van der Waals surface area (Å²) in [5.41, 5.74) is 12.1. The lowest BCUT2D eigenvalue weighted by molar-refractivity contribution is 0.375. The molecule has 15 heavy (non-hydrogen) atoms. The number of hydrazine groups is 1. The van der Waals surface area contributed by atoms with E-state index in [2.05, 4.69) is 31.8 Å². The van der Waals surface area contributed by atoms with Gasteiger partial charge in [-0.05, 0) is 28.1 Å². The van der Waals surface area contributed by atoms with E-state index in [1.165, 1.54) is 6.34 Å². The Hall–Kier alpha value is -0.330. The zero-order valence-electron chi connectivity index (χ0n) is 7.39. The second-order valence-corrected chi connectivity index (χ2v) is 4.66. The van der Waals surface area contributed by atoms with Crippen LogP contribution in [0.25, 0.3) is 0 Å². The van der Waals surface area contributed by atoms with E-state index in [0.717, 1.165) is 0 Å². The van der Waals surface area contributed by atoms with E-state index in [-0.39, 0.29) is 0 Å². The molecule has 0 saturated carbocycles. The Morgan fingerprint density at radius 3 is 2.40 bits per heavy atom. The van der Waals surface area contributed by atoms with Crippen molar-refractivity contribution in [1.29, 1.82) is 0 Å². The number of rotatable bonds is 1. The summed E-state index contributed by atoms with van der Waals surface area (Å²) in [6, 6.07) is 3.41. The number of benzene rings is 1. The van der Waals surface area contributed by atoms with Gasteiger partial charge in [0.2, 0.25) is 5.79 Å². The van der Waals surface area contributed by atoms with Gasteiger partial charge >= 0.3 is 0 Å². The first-order valence-corrected chi connectivity index (χ1v) is 5.58. The van der Waals surface area contributed by atoms with E-state index in [1.54, 1.807) is 12.1 Å². The van der Waals surface area contributed by atoms with Crippen molar-refractivity contribution in [2.75, 3.05) is 0 Å². The third-order valence-corrected chi connectivity index (χ3v) is 3.93. The fraction of sp³-hybridized carbons (Fsp3) is 0.125. The van der Waals surface area contributed by atoms with Gasteiger partial charge in [0.15, 0.2) is 0 Å². The summed E-state index contributed by atoms with van der Waals surface area (Å²) in [6.07, 6.45) is 1.48. The molecule has 1 aromatic carbocycles. The second kappa shape index (κ2) is 3.92. The predicted molar refractivity (Wildman–Crippen MR) is 64.8 cm³/mol. The predicted octanol–water partition coefficient (Wildman–Crippen LogP) is 1.96. The summed E-state index contributed by atoms with van der Waals surface area (Å²) >= 11 is 15.2. The zero-order chi connectivity index (χ0) is 11.1. The fourth-order valence-electron chi connectivity index (χ4n) is 1.23. The zero-order valence-corrected chi connectivity index (χ0v) is 10.5. The monoisotopic (exact) mass is 308 g/mol. The van der Waals surface area contributed by atoms with Crippen LogP contribution in [0.3, 0.4) is 0 Å². The van der Waals surface area contributed by atoms with Crippen LogP contribution in [0.4, 0.5) is 0 Å². The Labute approximate surface area is 105 Å². The van der Waals surface area contributed by atoms with Crippen LogP contribution in [0.1, 0.15) is 5.56 Å². The lowest BCUT2D eigenvalue weighted by atomic mass is 10.1. The van der Waals surface area contributed by atoms with Crippen LogP contribution in [0, 0.1) is 0 Å². The Balaban J connectivity index is 2.50. The van der Waals surface area contributed by atoms with Crippen molar-refractivity contribution in [1.82, 2.24) is 10.9 Å². The molecule has 0 fully saturated rings. The number of aliphatic imine (C=N–C) groups is 1. The van der Waals surface area contributed by atoms with Crippen LogP contribution >= 0.6 is 39.1 Å². The molecular weight excluding hydrogens is 303 g/mol. The molecule has 80 valence electrons. The molecule has 0 radical (unpaired) electrons. The minimum absolute atomic E-state index is 0.492. The van der Waals surface area contributed by atoms with Crippen LogP contribution in [0.5, 0.6) is 0 Å². The van der Waals surface area contributed by atoms with E-state index in [4.69, 9.17) is 28.9 Å². The van der Waals surface area contributed by atoms with E-state index in [1.807, 2.05) is 0 Å². The first-order valence-electron chi connectivity index (χ1n) is 4.03. The molecule has 2 rings (SSSR count). The third kappa shape index (κ3) is 1.98. The number of nitrogens with two attached hydrogens (primary N) is 1. The van der Waals surface area contributed by atoms with Gasteiger partial charge in [0.05, 0.1) is 14.5 Å². The Kier molecular flexibility index (Phi) is 2.92. The van der Waals surface area contributed by atoms with E-state index in [0.29, 0.717) is 20.1 Å². The average Bonchev–Trinajstić information content (AvgIpc) is 2.62. The van der Waals surface area contributed by atoms with Crippen LogP contribution in [-0.2, 0) is 5.79 Å². The van der Waals surface area contributed by atoms with Crippen LogP contribution in [-0.4, -0.2) is 6.34 Å². The summed E-state index contributed by atoms with van der Waals surface area (Å²) in [7, 11) is 0. The van der Waals surface area contributed by atoms with Gasteiger partial charge in [-0.3, -0.25) is 5.73 Å². The summed E-state index contributed by atoms with van der Waals surface area (Å²) in [4.78, 5) is 4.05. The first-order chi connectivity index (χ1) is 7.03. The highest BCUT2D eigenvalue weighted by Gasteiger charge is 2.29. The Morgan fingerprint density at radius 2 is 1.93 bits per heavy atom. The molecule has 4 N–H and O–H groups in total. The summed E-state index contributed by atoms with van der Waals surface area (Å²) in [5, 5.41) is 0.984. The molecule has 1 heterocycles. The maximum absolute atomic E-state index is 5.97. The van der Waals surface area contributed by atoms with Gasteiger partial charge in [-0.2, -0.15) is 5.43 Å². The molecule has 1 aliphatic rings. The van der Waals surface area contributed by atoms with Crippen molar-refractivity contribution in [2.45, 2.75) is 5.79 Å². The van der Waals surface area contributed by atoms with Crippen molar-refractivity contribution in [3.05, 3.63) is 32.2 Å². The average molecular weight is 310 g/mol. The summed E-state index contributed by atoms with van der Waals surface area (Å²) in [5.74, 6) is -1.02. The van der Waals surface area contributed by atoms with Crippen LogP contribution in [0.15, 0.2) is 21.6 Å². The van der Waals surface area contributed by atoms with E-state index >= 15 is 0 Å². The number of hydrogen-bond acceptors (Lipinski definition) is 4. The highest BCUT2D eigenvalue weighted by Crippen LogP contribution is 2.34. The lowest BCUT2D eigenvalue weighted by Gasteiger charge is -2.21. The molecule has 0 amide bonds. The first kappa shape index (κ1) is 11.2. The van der Waals surface area contributed by atoms with Gasteiger partial charge in [0, 0.05) is 5.56 Å². The maximum atomic E-state index is 5.97. The molecule has 1 atom stereocenters. The number of nitrogens with zero attached hydrogens (tertiary/aromatic N) is 1. The molecule has 1 unspecified atom stereocenters. The lowest BCUT2D eigenvalue weighted by Crippen LogP contribution is -2.49. The molecule has 1 aliphatic heterocycles. The maximum Gasteiger partial charge on any atom is 0.207 e. The smallest absolute Gasteiger partial charge is 0.207 e. The minimum atomic E-state index is -1.02. The van der Waals surface area contributed by atoms with Gasteiger partial charge in [0.1, 0.15) is 6.34 Å². The Bertz CT molecular complexity index is 414. The van der Waals surface area contributed by atoms with Gasteiger partial charge < -0.3 is 5.43 Å². The van der Waals surface area contributed by atoms with E-state index in [9.17, 15) is 0 Å². The van der Waals surface area contributed by atoms with Crippen LogP contribution < -0.4 is 16.6 Å². The molecule has 0 spiro atoms. The molecule has 0 aromatic heterocycles. The standard InChI is InChI=1S/C8H7BrCl2N4/c9-7-5(10)1-4(2-6(7)11)8(12)13-3-14-15-8/h1-3,15H,12H2,(H,13,14). The number of nitrogens with one attached hydrogen (secondary N) is 2. The fourth-order valence-corrected chi connectivity index (χ4v) is 1.95. The van der Waals surface area contributed by atoms with Gasteiger partial charge in [-0.1, -0.05) is 23.2 Å². The number of hydrogen-bond donors (Lipinski definition) is 3. The van der Waals surface area contributed by atoms with E-state index < -0.39 is 5.79 Å². The molecule has 7 heteroatoms. The SMILES string of the molecule is NC1(c2cc(Cl)c(Br)c(Cl)c2)N=CNN1. The highest BCUT2D eigenvalue weighted by atomic mass is 79.9. The molecular formula is C8H7BrCl2N4. The van der Waals surface area contributed by atoms with Gasteiger partial charge in [-0.15, -0.1) is 0 Å². The van der Waals surface area contributed by atoms with Crippen molar-refractivity contribution < 1.29 is 0 Å². The normalized spacial score (nSPS) is 24.3. The van der Waals surface area contributed by atoms with Crippen molar-refractivity contribution in [3.63, 3.8) is 0 Å². The van der Waals surface area contributed by atoms with Gasteiger partial charge in [0.25, 0.3) is 0 Å². The molecule has 0 saturated heterocycles. The Morgan fingerprint density at radius 1 is 1.33 bits per heavy atom.